The summed E-state index contributed by atoms with van der Waals surface area (Å²) in [6, 6.07) is 3.66. The largest absolute Gasteiger partial charge is 0.496 e. The summed E-state index contributed by atoms with van der Waals surface area (Å²) in [7, 11) is 4.77. The molecule has 1 atom stereocenters. The number of carbonyl (C=O) groups excluding carboxylic acids is 1. The molecule has 2 heterocycles. The summed E-state index contributed by atoms with van der Waals surface area (Å²) in [6.45, 7) is 2.45. The fraction of sp³-hybridized carbons (Fsp3) is 0.438. The molecule has 1 aromatic heterocycles. The van der Waals surface area contributed by atoms with Gasteiger partial charge in [-0.3, -0.25) is 4.79 Å². The number of carbonyl (C=O) groups is 1. The van der Waals surface area contributed by atoms with E-state index in [2.05, 4.69) is 9.59 Å². The molecule has 0 saturated carbocycles. The Bertz CT molecular complexity index is 781. The topological polar surface area (TPSA) is 73.8 Å². The summed E-state index contributed by atoms with van der Waals surface area (Å²) >= 11 is 2.82. The number of amides is 1. The van der Waals surface area contributed by atoms with E-state index in [1.165, 1.54) is 0 Å². The predicted octanol–water partition coefficient (Wildman–Crippen LogP) is 2.76. The lowest BCUT2D eigenvalue weighted by atomic mass is 10.1. The number of benzene rings is 1. The third-order valence-corrected chi connectivity index (χ3v) is 6.06. The summed E-state index contributed by atoms with van der Waals surface area (Å²) < 4.78 is 20.2. The predicted molar refractivity (Wildman–Crippen MR) is 97.0 cm³/mol. The summed E-state index contributed by atoms with van der Waals surface area (Å²) in [5.74, 6) is 2.65. The minimum absolute atomic E-state index is 0.0562. The van der Waals surface area contributed by atoms with Crippen molar-refractivity contribution in [1.29, 1.82) is 0 Å². The van der Waals surface area contributed by atoms with Crippen LogP contribution in [0.15, 0.2) is 12.1 Å². The molecule has 3 rings (SSSR count). The Morgan fingerprint density at radius 2 is 1.84 bits per heavy atom. The number of hydrogen-bond acceptors (Lipinski definition) is 8. The van der Waals surface area contributed by atoms with E-state index in [-0.39, 0.29) is 11.3 Å². The van der Waals surface area contributed by atoms with Crippen LogP contribution in [0.3, 0.4) is 0 Å². The lowest BCUT2D eigenvalue weighted by Crippen LogP contribution is -2.30. The highest BCUT2D eigenvalue weighted by Crippen LogP contribution is 2.46. The van der Waals surface area contributed by atoms with Crippen LogP contribution in [-0.2, 0) is 0 Å². The molecule has 1 amide bonds. The summed E-state index contributed by atoms with van der Waals surface area (Å²) in [5, 5.41) is 3.78. The van der Waals surface area contributed by atoms with Gasteiger partial charge in [-0.15, -0.1) is 16.9 Å². The smallest absolute Gasteiger partial charge is 0.268 e. The van der Waals surface area contributed by atoms with Crippen molar-refractivity contribution in [3.63, 3.8) is 0 Å². The van der Waals surface area contributed by atoms with Crippen LogP contribution in [0.1, 0.15) is 26.3 Å². The van der Waals surface area contributed by atoms with E-state index in [1.807, 2.05) is 11.0 Å². The maximum atomic E-state index is 12.9. The number of aryl methyl sites for hydroxylation is 1. The average molecular weight is 381 g/mol. The molecule has 2 aromatic rings. The number of aromatic nitrogens is 2. The number of nitrogens with zero attached hydrogens (tertiary/aromatic N) is 3. The molecule has 7 nitrogen and oxygen atoms in total. The van der Waals surface area contributed by atoms with Gasteiger partial charge in [-0.25, -0.2) is 0 Å². The molecule has 0 bridgehead atoms. The van der Waals surface area contributed by atoms with E-state index >= 15 is 0 Å². The second-order valence-electron chi connectivity index (χ2n) is 5.36. The first-order valence-corrected chi connectivity index (χ1v) is 9.44. The summed E-state index contributed by atoms with van der Waals surface area (Å²) in [6.07, 6.45) is 0. The molecule has 0 aliphatic carbocycles. The molecule has 0 radical (unpaired) electrons. The van der Waals surface area contributed by atoms with E-state index in [4.69, 9.17) is 14.2 Å². The average Bonchev–Trinajstić information content (AvgIpc) is 3.28. The van der Waals surface area contributed by atoms with Gasteiger partial charge in [-0.1, -0.05) is 4.49 Å². The zero-order valence-electron chi connectivity index (χ0n) is 14.4. The van der Waals surface area contributed by atoms with Gasteiger partial charge in [0.05, 0.1) is 27.0 Å². The van der Waals surface area contributed by atoms with Gasteiger partial charge >= 0.3 is 0 Å². The maximum Gasteiger partial charge on any atom is 0.268 e. The van der Waals surface area contributed by atoms with Crippen molar-refractivity contribution in [1.82, 2.24) is 14.5 Å². The molecule has 1 aromatic carbocycles. The fourth-order valence-corrected chi connectivity index (χ4v) is 4.62. The number of ether oxygens (including phenoxy) is 3. The standard InChI is InChI=1S/C16H19N3O4S2/c1-9-14(25-18-17-9)15(20)19-5-6-24-16(19)10-7-12(22-3)13(23-4)8-11(10)21-2/h7-8,16H,5-6H2,1-4H3. The molecule has 0 spiro atoms. The van der Waals surface area contributed by atoms with E-state index in [1.54, 1.807) is 46.1 Å². The lowest BCUT2D eigenvalue weighted by Gasteiger charge is -2.25. The van der Waals surface area contributed by atoms with Crippen LogP contribution in [0.2, 0.25) is 0 Å². The normalized spacial score (nSPS) is 16.8. The second kappa shape index (κ2) is 7.49. The Morgan fingerprint density at radius 1 is 1.16 bits per heavy atom. The van der Waals surface area contributed by atoms with Gasteiger partial charge in [-0.05, 0) is 24.5 Å². The van der Waals surface area contributed by atoms with Crippen molar-refractivity contribution >= 4 is 29.2 Å². The van der Waals surface area contributed by atoms with Crippen molar-refractivity contribution < 1.29 is 19.0 Å². The summed E-state index contributed by atoms with van der Waals surface area (Å²) in [4.78, 5) is 15.3. The SMILES string of the molecule is COc1cc(OC)c(C2SCCN2C(=O)c2snnc2C)cc1OC. The third-order valence-electron chi connectivity index (χ3n) is 4.00. The first-order chi connectivity index (χ1) is 12.1. The maximum absolute atomic E-state index is 12.9. The van der Waals surface area contributed by atoms with Gasteiger partial charge in [-0.2, -0.15) is 0 Å². The molecule has 1 unspecified atom stereocenters. The Hall–Kier alpha value is -2.00. The van der Waals surface area contributed by atoms with Crippen molar-refractivity contribution in [3.05, 3.63) is 28.3 Å². The van der Waals surface area contributed by atoms with E-state index in [9.17, 15) is 4.79 Å². The van der Waals surface area contributed by atoms with Crippen LogP contribution in [0.5, 0.6) is 17.2 Å². The van der Waals surface area contributed by atoms with Gasteiger partial charge in [0, 0.05) is 23.9 Å². The van der Waals surface area contributed by atoms with Crippen LogP contribution in [0.4, 0.5) is 0 Å². The Balaban J connectivity index is 2.00. The van der Waals surface area contributed by atoms with Crippen LogP contribution < -0.4 is 14.2 Å². The fourth-order valence-electron chi connectivity index (χ4n) is 2.74. The Labute approximate surface area is 154 Å². The molecule has 25 heavy (non-hydrogen) atoms. The molecule has 134 valence electrons. The summed E-state index contributed by atoms with van der Waals surface area (Å²) in [5.41, 5.74) is 1.54. The van der Waals surface area contributed by atoms with E-state index in [0.717, 1.165) is 22.8 Å². The molecule has 1 fully saturated rings. The highest BCUT2D eigenvalue weighted by atomic mass is 32.2. The molecule has 1 saturated heterocycles. The molecule has 9 heteroatoms. The van der Waals surface area contributed by atoms with Crippen molar-refractivity contribution in [2.75, 3.05) is 33.6 Å². The van der Waals surface area contributed by atoms with Crippen molar-refractivity contribution in [2.45, 2.75) is 12.3 Å². The van der Waals surface area contributed by atoms with Gasteiger partial charge in [0.25, 0.3) is 5.91 Å². The number of hydrogen-bond donors (Lipinski definition) is 0. The van der Waals surface area contributed by atoms with Gasteiger partial charge < -0.3 is 19.1 Å². The van der Waals surface area contributed by atoms with Crippen LogP contribution >= 0.6 is 23.3 Å². The van der Waals surface area contributed by atoms with Crippen LogP contribution in [0, 0.1) is 6.92 Å². The zero-order valence-corrected chi connectivity index (χ0v) is 16.1. The number of rotatable bonds is 5. The van der Waals surface area contributed by atoms with Crippen molar-refractivity contribution in [2.24, 2.45) is 0 Å². The van der Waals surface area contributed by atoms with Gasteiger partial charge in [0.15, 0.2) is 11.5 Å². The van der Waals surface area contributed by atoms with Crippen molar-refractivity contribution in [3.8, 4) is 17.2 Å². The quantitative estimate of drug-likeness (QED) is 0.788. The second-order valence-corrected chi connectivity index (χ2v) is 7.30. The molecule has 1 aliphatic heterocycles. The Kier molecular flexibility index (Phi) is 5.33. The first-order valence-electron chi connectivity index (χ1n) is 7.62. The Morgan fingerprint density at radius 3 is 2.44 bits per heavy atom. The minimum atomic E-state index is -0.163. The van der Waals surface area contributed by atoms with Gasteiger partial charge in [0.2, 0.25) is 0 Å². The third kappa shape index (κ3) is 3.25. The molecular formula is C16H19N3O4S2. The number of thioether (sulfide) groups is 1. The number of methoxy groups -OCH3 is 3. The van der Waals surface area contributed by atoms with Gasteiger partial charge in [0.1, 0.15) is 16.0 Å². The van der Waals surface area contributed by atoms with E-state index < -0.39 is 0 Å². The molecular weight excluding hydrogens is 362 g/mol. The lowest BCUT2D eigenvalue weighted by molar-refractivity contribution is 0.0763. The van der Waals surface area contributed by atoms with E-state index in [0.29, 0.717) is 34.4 Å². The first kappa shape index (κ1) is 17.8. The van der Waals surface area contributed by atoms with Crippen LogP contribution in [-0.4, -0.2) is 54.0 Å². The molecule has 1 aliphatic rings. The molecule has 0 N–H and O–H groups in total. The zero-order chi connectivity index (χ0) is 18.0. The monoisotopic (exact) mass is 381 g/mol. The highest BCUT2D eigenvalue weighted by Gasteiger charge is 2.35. The minimum Gasteiger partial charge on any atom is -0.496 e. The highest BCUT2D eigenvalue weighted by molar-refractivity contribution is 7.99. The van der Waals surface area contributed by atoms with Crippen LogP contribution in [0.25, 0.3) is 0 Å².